The van der Waals surface area contributed by atoms with Gasteiger partial charge in [-0.2, -0.15) is 0 Å². The molecule has 0 radical (unpaired) electrons. The van der Waals surface area contributed by atoms with Crippen molar-refractivity contribution < 1.29 is 19.0 Å². The predicted octanol–water partition coefficient (Wildman–Crippen LogP) is 4.94. The number of aliphatic hydroxyl groups is 1. The fourth-order valence-corrected chi connectivity index (χ4v) is 4.08. The molecule has 0 bridgehead atoms. The Morgan fingerprint density at radius 2 is 1.96 bits per heavy atom. The van der Waals surface area contributed by atoms with Crippen LogP contribution in [0.2, 0.25) is 0 Å². The predicted molar refractivity (Wildman–Crippen MR) is 109 cm³/mol. The van der Waals surface area contributed by atoms with E-state index in [9.17, 15) is 9.90 Å². The van der Waals surface area contributed by atoms with Crippen LogP contribution < -0.4 is 15.1 Å². The first-order valence-electron chi connectivity index (χ1n) is 10.0. The third kappa shape index (κ3) is 2.75. The van der Waals surface area contributed by atoms with Crippen LogP contribution in [-0.2, 0) is 0 Å². The Morgan fingerprint density at radius 3 is 2.64 bits per heavy atom. The van der Waals surface area contributed by atoms with Crippen molar-refractivity contribution in [3.8, 4) is 11.5 Å². The monoisotopic (exact) mass is 384 g/mol. The van der Waals surface area contributed by atoms with Crippen LogP contribution >= 0.6 is 0 Å². The van der Waals surface area contributed by atoms with Gasteiger partial charge >= 0.3 is 5.63 Å². The van der Waals surface area contributed by atoms with Gasteiger partial charge in [0.2, 0.25) is 0 Å². The van der Waals surface area contributed by atoms with E-state index in [1.807, 2.05) is 39.8 Å². The molecule has 0 unspecified atom stereocenters. The van der Waals surface area contributed by atoms with E-state index in [1.165, 1.54) is 0 Å². The Labute approximate surface area is 165 Å². The van der Waals surface area contributed by atoms with Gasteiger partial charge in [0.15, 0.2) is 5.58 Å². The summed E-state index contributed by atoms with van der Waals surface area (Å²) in [5.74, 6) is 1.23. The summed E-state index contributed by atoms with van der Waals surface area (Å²) in [4.78, 5) is 12.4. The zero-order chi connectivity index (χ0) is 20.4. The van der Waals surface area contributed by atoms with E-state index >= 15 is 0 Å². The molecule has 0 saturated carbocycles. The van der Waals surface area contributed by atoms with Crippen LogP contribution in [0.3, 0.4) is 0 Å². The van der Waals surface area contributed by atoms with Gasteiger partial charge in [0, 0.05) is 12.0 Å². The van der Waals surface area contributed by atoms with Crippen molar-refractivity contribution in [1.29, 1.82) is 0 Å². The molecule has 150 valence electrons. The van der Waals surface area contributed by atoms with Gasteiger partial charge < -0.3 is 19.0 Å². The van der Waals surface area contributed by atoms with Crippen LogP contribution in [0.4, 0.5) is 0 Å². The number of hydrogen-bond donors (Lipinski definition) is 1. The summed E-state index contributed by atoms with van der Waals surface area (Å²) in [6.07, 6.45) is 3.90. The molecular formula is C23H28O5. The lowest BCUT2D eigenvalue weighted by Crippen LogP contribution is -2.34. The smallest absolute Gasteiger partial charge is 0.336 e. The van der Waals surface area contributed by atoms with Crippen LogP contribution in [0, 0.1) is 5.92 Å². The Hall–Kier alpha value is -2.27. The van der Waals surface area contributed by atoms with E-state index < -0.39 is 17.3 Å². The molecule has 2 aromatic rings. The second-order valence-corrected chi connectivity index (χ2v) is 8.69. The van der Waals surface area contributed by atoms with E-state index in [-0.39, 0.29) is 17.9 Å². The lowest BCUT2D eigenvalue weighted by Gasteiger charge is -2.37. The van der Waals surface area contributed by atoms with Crippen molar-refractivity contribution >= 4 is 17.0 Å². The van der Waals surface area contributed by atoms with Crippen molar-refractivity contribution in [2.45, 2.75) is 71.7 Å². The number of rotatable bonds is 2. The molecule has 5 nitrogen and oxygen atoms in total. The fraction of sp³-hybridized carbons (Fsp3) is 0.522. The third-order valence-corrected chi connectivity index (χ3v) is 6.20. The topological polar surface area (TPSA) is 68.9 Å². The summed E-state index contributed by atoms with van der Waals surface area (Å²) in [7, 11) is 0. The number of hydrogen-bond acceptors (Lipinski definition) is 5. The molecule has 2 aliphatic rings. The summed E-state index contributed by atoms with van der Waals surface area (Å²) >= 11 is 0. The fourth-order valence-electron chi connectivity index (χ4n) is 4.08. The van der Waals surface area contributed by atoms with Crippen molar-refractivity contribution in [3.63, 3.8) is 0 Å². The van der Waals surface area contributed by atoms with Gasteiger partial charge in [0.25, 0.3) is 0 Å². The van der Waals surface area contributed by atoms with E-state index in [0.717, 1.165) is 22.9 Å². The Kier molecular flexibility index (Phi) is 4.34. The summed E-state index contributed by atoms with van der Waals surface area (Å²) in [6, 6.07) is 1.56. The minimum atomic E-state index is -0.787. The molecule has 5 heteroatoms. The van der Waals surface area contributed by atoms with E-state index in [4.69, 9.17) is 13.9 Å². The molecule has 2 aliphatic heterocycles. The zero-order valence-corrected chi connectivity index (χ0v) is 17.3. The lowest BCUT2D eigenvalue weighted by atomic mass is 9.84. The molecule has 0 spiro atoms. The van der Waals surface area contributed by atoms with Crippen LogP contribution in [-0.4, -0.2) is 16.8 Å². The average molecular weight is 384 g/mol. The van der Waals surface area contributed by atoms with Gasteiger partial charge in [-0.15, -0.1) is 0 Å². The standard InChI is InChI=1S/C23H28O5/c1-7-11(2)15-10-16(24)27-22-17(15)21-14(8-9-23(5,6)28-21)20-18(22)19(25)12(3)13(4)26-20/h8-13,19,25H,7H2,1-6H3/t11-,12-,13-,19-/m1/s1. The summed E-state index contributed by atoms with van der Waals surface area (Å²) in [6.45, 7) is 12.0. The second-order valence-electron chi connectivity index (χ2n) is 8.69. The quantitative estimate of drug-likeness (QED) is 0.743. The van der Waals surface area contributed by atoms with Crippen molar-refractivity contribution in [1.82, 2.24) is 0 Å². The van der Waals surface area contributed by atoms with E-state index in [2.05, 4.69) is 13.8 Å². The van der Waals surface area contributed by atoms with Crippen molar-refractivity contribution in [3.05, 3.63) is 39.3 Å². The molecule has 4 atom stereocenters. The Morgan fingerprint density at radius 1 is 1.25 bits per heavy atom. The first-order chi connectivity index (χ1) is 13.1. The average Bonchev–Trinajstić information content (AvgIpc) is 2.63. The van der Waals surface area contributed by atoms with Crippen LogP contribution in [0.15, 0.2) is 21.4 Å². The molecule has 0 aliphatic carbocycles. The highest BCUT2D eigenvalue weighted by atomic mass is 16.5. The highest BCUT2D eigenvalue weighted by Crippen LogP contribution is 2.52. The third-order valence-electron chi connectivity index (χ3n) is 6.20. The SMILES string of the molecule is CC[C@@H](C)c1cc(=O)oc2c3c(c4c(c12)OC(C)(C)C=C4)O[C@H](C)[C@@H](C)[C@H]3O. The van der Waals surface area contributed by atoms with Gasteiger partial charge in [0.05, 0.1) is 22.6 Å². The van der Waals surface area contributed by atoms with Crippen molar-refractivity contribution in [2.24, 2.45) is 5.92 Å². The maximum absolute atomic E-state index is 12.4. The van der Waals surface area contributed by atoms with Crippen LogP contribution in [0.1, 0.15) is 76.7 Å². The van der Waals surface area contributed by atoms with Crippen molar-refractivity contribution in [2.75, 3.05) is 0 Å². The first-order valence-corrected chi connectivity index (χ1v) is 10.0. The number of fused-ring (bicyclic) bond motifs is 6. The minimum absolute atomic E-state index is 0.128. The van der Waals surface area contributed by atoms with Gasteiger partial charge in [0.1, 0.15) is 23.2 Å². The normalized spacial score (nSPS) is 26.2. The molecule has 0 amide bonds. The second kappa shape index (κ2) is 6.38. The van der Waals surface area contributed by atoms with Gasteiger partial charge in [-0.25, -0.2) is 4.79 Å². The largest absolute Gasteiger partial charge is 0.489 e. The number of ether oxygens (including phenoxy) is 2. The summed E-state index contributed by atoms with van der Waals surface area (Å²) in [5.41, 5.74) is 1.70. The first kappa shape index (κ1) is 19.1. The maximum Gasteiger partial charge on any atom is 0.336 e. The molecule has 1 aromatic heterocycles. The van der Waals surface area contributed by atoms with Crippen LogP contribution in [0.25, 0.3) is 17.0 Å². The van der Waals surface area contributed by atoms with E-state index in [0.29, 0.717) is 22.6 Å². The van der Waals surface area contributed by atoms with Crippen LogP contribution in [0.5, 0.6) is 11.5 Å². The molecule has 28 heavy (non-hydrogen) atoms. The zero-order valence-electron chi connectivity index (χ0n) is 17.3. The van der Waals surface area contributed by atoms with Gasteiger partial charge in [-0.1, -0.05) is 20.8 Å². The Bertz CT molecular complexity index is 1030. The highest BCUT2D eigenvalue weighted by Gasteiger charge is 2.40. The molecule has 3 heterocycles. The summed E-state index contributed by atoms with van der Waals surface area (Å²) in [5, 5.41) is 11.8. The lowest BCUT2D eigenvalue weighted by molar-refractivity contribution is 0.0173. The molecule has 1 aromatic carbocycles. The molecule has 4 rings (SSSR count). The highest BCUT2D eigenvalue weighted by molar-refractivity contribution is 5.97. The number of benzene rings is 1. The molecule has 0 saturated heterocycles. The summed E-state index contributed by atoms with van der Waals surface area (Å²) < 4.78 is 18.2. The molecule has 1 N–H and O–H groups in total. The maximum atomic E-state index is 12.4. The minimum Gasteiger partial charge on any atom is -0.489 e. The number of aliphatic hydroxyl groups excluding tert-OH is 1. The van der Waals surface area contributed by atoms with Gasteiger partial charge in [-0.05, 0) is 50.8 Å². The van der Waals surface area contributed by atoms with E-state index in [1.54, 1.807) is 6.07 Å². The molecular weight excluding hydrogens is 356 g/mol. The Balaban J connectivity index is 2.19. The molecule has 0 fully saturated rings. The van der Waals surface area contributed by atoms with Gasteiger partial charge in [-0.3, -0.25) is 0 Å².